The molecule has 20 heavy (non-hydrogen) atoms. The molecule has 1 atom stereocenters. The first-order chi connectivity index (χ1) is 9.60. The van der Waals surface area contributed by atoms with Gasteiger partial charge in [0.2, 0.25) is 5.91 Å². The van der Waals surface area contributed by atoms with E-state index in [9.17, 15) is 4.79 Å². The Bertz CT molecular complexity index is 482. The fourth-order valence-electron chi connectivity index (χ4n) is 1.87. The molecule has 0 aliphatic rings. The molecular weight excluding hydrogens is 254 g/mol. The number of rotatable bonds is 7. The number of hydrogen-bond acceptors (Lipinski definition) is 4. The van der Waals surface area contributed by atoms with Gasteiger partial charge in [0.05, 0.1) is 31.3 Å². The summed E-state index contributed by atoms with van der Waals surface area (Å²) in [5.41, 5.74) is 0.657. The van der Waals surface area contributed by atoms with Crippen molar-refractivity contribution < 1.29 is 9.53 Å². The van der Waals surface area contributed by atoms with Crippen molar-refractivity contribution in [3.8, 4) is 11.8 Å². The van der Waals surface area contributed by atoms with Crippen LogP contribution in [0.3, 0.4) is 0 Å². The van der Waals surface area contributed by atoms with E-state index in [1.807, 2.05) is 30.9 Å². The Morgan fingerprint density at radius 2 is 2.20 bits per heavy atom. The lowest BCUT2D eigenvalue weighted by atomic mass is 10.2. The Morgan fingerprint density at radius 1 is 1.50 bits per heavy atom. The number of likely N-dealkylation sites (N-methyl/N-ethyl adjacent to an activating group) is 1. The van der Waals surface area contributed by atoms with Gasteiger partial charge in [0.25, 0.3) is 0 Å². The molecule has 0 aromatic heterocycles. The molecule has 0 spiro atoms. The summed E-state index contributed by atoms with van der Waals surface area (Å²) in [4.78, 5) is 14.0. The highest BCUT2D eigenvalue weighted by atomic mass is 16.5. The fourth-order valence-corrected chi connectivity index (χ4v) is 1.87. The number of carbonyl (C=O) groups is 1. The summed E-state index contributed by atoms with van der Waals surface area (Å²) in [6, 6.07) is 9.46. The Labute approximate surface area is 120 Å². The summed E-state index contributed by atoms with van der Waals surface area (Å²) in [5, 5.41) is 11.7. The highest BCUT2D eigenvalue weighted by Crippen LogP contribution is 2.22. The molecule has 0 fully saturated rings. The van der Waals surface area contributed by atoms with Crippen LogP contribution in [0.1, 0.15) is 13.8 Å². The number of nitrogens with zero attached hydrogens (tertiary/aromatic N) is 2. The van der Waals surface area contributed by atoms with Gasteiger partial charge in [0.15, 0.2) is 0 Å². The van der Waals surface area contributed by atoms with Crippen molar-refractivity contribution in [1.29, 1.82) is 5.26 Å². The molecule has 1 amide bonds. The Balaban J connectivity index is 2.60. The summed E-state index contributed by atoms with van der Waals surface area (Å²) in [6.07, 6.45) is 0. The number of anilines is 1. The molecule has 0 heterocycles. The average Bonchev–Trinajstić information content (AvgIpc) is 2.46. The molecule has 1 rings (SSSR count). The number of amides is 1. The number of para-hydroxylation sites is 2. The first-order valence-electron chi connectivity index (χ1n) is 6.65. The molecule has 0 aliphatic heterocycles. The van der Waals surface area contributed by atoms with Crippen LogP contribution in [-0.4, -0.2) is 37.6 Å². The molecule has 1 aromatic carbocycles. The highest BCUT2D eigenvalue weighted by Gasteiger charge is 2.13. The molecule has 5 heteroatoms. The molecule has 0 bridgehead atoms. The van der Waals surface area contributed by atoms with E-state index >= 15 is 0 Å². The number of carbonyl (C=O) groups excluding carboxylic acids is 1. The summed E-state index contributed by atoms with van der Waals surface area (Å²) in [7, 11) is 1.57. The third kappa shape index (κ3) is 4.90. The van der Waals surface area contributed by atoms with E-state index in [-0.39, 0.29) is 18.4 Å². The van der Waals surface area contributed by atoms with Crippen LogP contribution in [0.2, 0.25) is 0 Å². The van der Waals surface area contributed by atoms with Gasteiger partial charge in [-0.2, -0.15) is 5.26 Å². The molecule has 5 nitrogen and oxygen atoms in total. The third-order valence-corrected chi connectivity index (χ3v) is 2.95. The van der Waals surface area contributed by atoms with Crippen LogP contribution in [0, 0.1) is 17.2 Å². The minimum Gasteiger partial charge on any atom is -0.495 e. The van der Waals surface area contributed by atoms with Gasteiger partial charge in [-0.25, -0.2) is 0 Å². The van der Waals surface area contributed by atoms with Crippen LogP contribution >= 0.6 is 0 Å². The maximum Gasteiger partial charge on any atom is 0.238 e. The summed E-state index contributed by atoms with van der Waals surface area (Å²) in [6.45, 7) is 5.40. The van der Waals surface area contributed by atoms with Gasteiger partial charge in [0, 0.05) is 6.54 Å². The van der Waals surface area contributed by atoms with Gasteiger partial charge >= 0.3 is 0 Å². The third-order valence-electron chi connectivity index (χ3n) is 2.95. The Kier molecular flexibility index (Phi) is 6.54. The standard InChI is InChI=1S/C15H21N3O2/c1-4-18(10-12(2)9-16)11-15(19)17-13-7-5-6-8-14(13)20-3/h5-8,12H,4,10-11H2,1-3H3,(H,17,19)/t12-/m0/s1. The zero-order valence-electron chi connectivity index (χ0n) is 12.2. The topological polar surface area (TPSA) is 65.4 Å². The van der Waals surface area contributed by atoms with Crippen molar-refractivity contribution in [1.82, 2.24) is 4.90 Å². The van der Waals surface area contributed by atoms with Crippen LogP contribution in [-0.2, 0) is 4.79 Å². The van der Waals surface area contributed by atoms with E-state index in [4.69, 9.17) is 10.00 Å². The first-order valence-corrected chi connectivity index (χ1v) is 6.65. The monoisotopic (exact) mass is 275 g/mol. The van der Waals surface area contributed by atoms with Crippen molar-refractivity contribution in [3.63, 3.8) is 0 Å². The van der Waals surface area contributed by atoms with Crippen molar-refractivity contribution >= 4 is 11.6 Å². The van der Waals surface area contributed by atoms with Crippen molar-refractivity contribution in [2.24, 2.45) is 5.92 Å². The summed E-state index contributed by atoms with van der Waals surface area (Å²) in [5.74, 6) is 0.435. The van der Waals surface area contributed by atoms with Crippen LogP contribution < -0.4 is 10.1 Å². The van der Waals surface area contributed by atoms with Gasteiger partial charge in [-0.15, -0.1) is 0 Å². The lowest BCUT2D eigenvalue weighted by Gasteiger charge is -2.21. The van der Waals surface area contributed by atoms with E-state index in [0.29, 0.717) is 18.0 Å². The second-order valence-electron chi connectivity index (χ2n) is 4.61. The zero-order chi connectivity index (χ0) is 15.0. The van der Waals surface area contributed by atoms with E-state index < -0.39 is 0 Å². The number of benzene rings is 1. The zero-order valence-corrected chi connectivity index (χ0v) is 12.2. The van der Waals surface area contributed by atoms with E-state index in [1.165, 1.54) is 0 Å². The minimum absolute atomic E-state index is 0.0889. The van der Waals surface area contributed by atoms with Gasteiger partial charge in [-0.3, -0.25) is 9.69 Å². The normalized spacial score (nSPS) is 11.8. The van der Waals surface area contributed by atoms with Gasteiger partial charge in [0.1, 0.15) is 5.75 Å². The Hall–Kier alpha value is -2.06. The number of ether oxygens (including phenoxy) is 1. The molecule has 0 saturated heterocycles. The predicted octanol–water partition coefficient (Wildman–Crippen LogP) is 2.12. The predicted molar refractivity (Wildman–Crippen MR) is 78.5 cm³/mol. The lowest BCUT2D eigenvalue weighted by molar-refractivity contribution is -0.117. The highest BCUT2D eigenvalue weighted by molar-refractivity contribution is 5.93. The van der Waals surface area contributed by atoms with Crippen LogP contribution in [0.15, 0.2) is 24.3 Å². The smallest absolute Gasteiger partial charge is 0.238 e. The van der Waals surface area contributed by atoms with Crippen molar-refractivity contribution in [2.45, 2.75) is 13.8 Å². The maximum absolute atomic E-state index is 12.0. The Morgan fingerprint density at radius 3 is 2.80 bits per heavy atom. The maximum atomic E-state index is 12.0. The van der Waals surface area contributed by atoms with Crippen LogP contribution in [0.25, 0.3) is 0 Å². The largest absolute Gasteiger partial charge is 0.495 e. The second-order valence-corrected chi connectivity index (χ2v) is 4.61. The number of nitriles is 1. The summed E-state index contributed by atoms with van der Waals surface area (Å²) >= 11 is 0. The number of nitrogens with one attached hydrogen (secondary N) is 1. The first kappa shape index (κ1) is 16.0. The molecule has 0 unspecified atom stereocenters. The molecular formula is C15H21N3O2. The summed E-state index contributed by atoms with van der Waals surface area (Å²) < 4.78 is 5.19. The van der Waals surface area contributed by atoms with Crippen LogP contribution in [0.5, 0.6) is 5.75 Å². The van der Waals surface area contributed by atoms with E-state index in [0.717, 1.165) is 6.54 Å². The molecule has 1 aromatic rings. The lowest BCUT2D eigenvalue weighted by Crippen LogP contribution is -2.35. The number of hydrogen-bond donors (Lipinski definition) is 1. The molecule has 1 N–H and O–H groups in total. The number of methoxy groups -OCH3 is 1. The fraction of sp³-hybridized carbons (Fsp3) is 0.467. The second kappa shape index (κ2) is 8.18. The average molecular weight is 275 g/mol. The molecule has 0 radical (unpaired) electrons. The van der Waals surface area contributed by atoms with Crippen molar-refractivity contribution in [2.75, 3.05) is 32.1 Å². The SMILES string of the molecule is CCN(CC(=O)Nc1ccccc1OC)C[C@@H](C)C#N. The van der Waals surface area contributed by atoms with Gasteiger partial charge in [-0.05, 0) is 25.6 Å². The minimum atomic E-state index is -0.110. The van der Waals surface area contributed by atoms with E-state index in [1.54, 1.807) is 19.2 Å². The molecule has 108 valence electrons. The molecule has 0 saturated carbocycles. The van der Waals surface area contributed by atoms with Crippen molar-refractivity contribution in [3.05, 3.63) is 24.3 Å². The van der Waals surface area contributed by atoms with E-state index in [2.05, 4.69) is 11.4 Å². The molecule has 0 aliphatic carbocycles. The van der Waals surface area contributed by atoms with Gasteiger partial charge in [-0.1, -0.05) is 19.1 Å². The quantitative estimate of drug-likeness (QED) is 0.827. The van der Waals surface area contributed by atoms with Crippen LogP contribution in [0.4, 0.5) is 5.69 Å². The van der Waals surface area contributed by atoms with Gasteiger partial charge < -0.3 is 10.1 Å².